The minimum absolute atomic E-state index is 0.316. The first kappa shape index (κ1) is 29.9. The average molecular weight is 617 g/mol. The molecule has 0 heteroatoms. The molecule has 0 spiro atoms. The Bertz CT molecular complexity index is 2320. The van der Waals surface area contributed by atoms with E-state index in [9.17, 15) is 0 Å². The summed E-state index contributed by atoms with van der Waals surface area (Å²) in [5, 5.41) is 0. The molecule has 0 nitrogen and oxygen atoms in total. The van der Waals surface area contributed by atoms with Gasteiger partial charge in [0.05, 0.1) is 0 Å². The Labute approximate surface area is 285 Å². The molecule has 0 amide bonds. The van der Waals surface area contributed by atoms with E-state index < -0.39 is 0 Å². The Balaban J connectivity index is 1.39. The van der Waals surface area contributed by atoms with Crippen LogP contribution in [-0.4, -0.2) is 0 Å². The number of rotatable bonds is 5. The van der Waals surface area contributed by atoms with Crippen molar-refractivity contribution in [3.05, 3.63) is 179 Å². The van der Waals surface area contributed by atoms with Gasteiger partial charge >= 0.3 is 0 Å². The van der Waals surface area contributed by atoms with E-state index in [1.165, 1.54) is 100 Å². The third-order valence-electron chi connectivity index (χ3n) is 10.7. The Morgan fingerprint density at radius 3 is 1.52 bits per heavy atom. The molecular formula is C48H40. The summed E-state index contributed by atoms with van der Waals surface area (Å²) >= 11 is 0. The van der Waals surface area contributed by atoms with E-state index in [0.29, 0.717) is 5.92 Å². The molecular weight excluding hydrogens is 577 g/mol. The van der Waals surface area contributed by atoms with Crippen LogP contribution in [0, 0.1) is 27.7 Å². The van der Waals surface area contributed by atoms with Crippen LogP contribution in [0.15, 0.2) is 146 Å². The standard InChI is InChI=1S/C48H40/c1-30-17-12-13-24-39(30)44-28-42(35-18-8-6-9-19-35)32(3)46(34(44)5)38-23-16-22-37(27-38)45-29-43(36-20-10-7-11-21-36)33(4)47-41-26-15-14-25-40(41)31(2)48(45)47/h6-29,31H,1-5H3. The Kier molecular flexibility index (Phi) is 7.46. The molecule has 0 aliphatic heterocycles. The van der Waals surface area contributed by atoms with Crippen LogP contribution in [0.3, 0.4) is 0 Å². The van der Waals surface area contributed by atoms with E-state index in [2.05, 4.69) is 180 Å². The SMILES string of the molecule is Cc1ccccc1-c1cc(-c2ccccc2)c(C)c(-c2cccc(-c3cc(-c4ccccc4)c(C)c4c3C(C)c3ccccc3-4)c2)c1C. The molecule has 8 rings (SSSR count). The van der Waals surface area contributed by atoms with Crippen LogP contribution in [0.4, 0.5) is 0 Å². The highest BCUT2D eigenvalue weighted by molar-refractivity contribution is 5.95. The molecule has 0 N–H and O–H groups in total. The highest BCUT2D eigenvalue weighted by Gasteiger charge is 2.31. The van der Waals surface area contributed by atoms with Crippen LogP contribution in [0.2, 0.25) is 0 Å². The van der Waals surface area contributed by atoms with Crippen LogP contribution < -0.4 is 0 Å². The van der Waals surface area contributed by atoms with Gasteiger partial charge in [0, 0.05) is 5.92 Å². The Morgan fingerprint density at radius 1 is 0.354 bits per heavy atom. The number of benzene rings is 7. The van der Waals surface area contributed by atoms with E-state index in [4.69, 9.17) is 0 Å². The summed E-state index contributed by atoms with van der Waals surface area (Å²) in [7, 11) is 0. The lowest BCUT2D eigenvalue weighted by Crippen LogP contribution is -1.99. The van der Waals surface area contributed by atoms with Gasteiger partial charge in [-0.1, -0.05) is 134 Å². The predicted molar refractivity (Wildman–Crippen MR) is 206 cm³/mol. The molecule has 1 unspecified atom stereocenters. The van der Waals surface area contributed by atoms with Crippen molar-refractivity contribution in [2.45, 2.75) is 40.5 Å². The van der Waals surface area contributed by atoms with Gasteiger partial charge in [-0.15, -0.1) is 0 Å². The fraction of sp³-hybridized carbons (Fsp3) is 0.125. The first-order valence-corrected chi connectivity index (χ1v) is 17.1. The molecule has 7 aromatic rings. The average Bonchev–Trinajstić information content (AvgIpc) is 3.42. The molecule has 1 aliphatic carbocycles. The molecule has 232 valence electrons. The molecule has 7 aromatic carbocycles. The fourth-order valence-corrected chi connectivity index (χ4v) is 8.27. The molecule has 48 heavy (non-hydrogen) atoms. The highest BCUT2D eigenvalue weighted by atomic mass is 14.3. The summed E-state index contributed by atoms with van der Waals surface area (Å²) in [5.41, 5.74) is 23.8. The normalized spacial score (nSPS) is 13.3. The largest absolute Gasteiger partial charge is 0.0622 e. The van der Waals surface area contributed by atoms with Crippen molar-refractivity contribution in [3.63, 3.8) is 0 Å². The molecule has 1 aliphatic rings. The molecule has 0 aromatic heterocycles. The maximum atomic E-state index is 2.46. The van der Waals surface area contributed by atoms with Gasteiger partial charge in [-0.3, -0.25) is 0 Å². The predicted octanol–water partition coefficient (Wildman–Crippen LogP) is 13.4. The number of hydrogen-bond donors (Lipinski definition) is 0. The zero-order valence-electron chi connectivity index (χ0n) is 28.4. The first-order chi connectivity index (χ1) is 23.4. The van der Waals surface area contributed by atoms with Crippen molar-refractivity contribution < 1.29 is 0 Å². The smallest absolute Gasteiger partial charge is 0.00795 e. The molecule has 0 fully saturated rings. The van der Waals surface area contributed by atoms with Gasteiger partial charge in [-0.25, -0.2) is 0 Å². The summed E-state index contributed by atoms with van der Waals surface area (Å²) in [5.74, 6) is 0.316. The number of hydrogen-bond acceptors (Lipinski definition) is 0. The first-order valence-electron chi connectivity index (χ1n) is 17.1. The van der Waals surface area contributed by atoms with E-state index in [0.717, 1.165) is 0 Å². The van der Waals surface area contributed by atoms with E-state index in [-0.39, 0.29) is 0 Å². The van der Waals surface area contributed by atoms with E-state index in [1.807, 2.05) is 0 Å². The number of aryl methyl sites for hydroxylation is 1. The van der Waals surface area contributed by atoms with Gasteiger partial charge < -0.3 is 0 Å². The Morgan fingerprint density at radius 2 is 0.854 bits per heavy atom. The molecule has 0 radical (unpaired) electrons. The Hall–Kier alpha value is -5.46. The zero-order chi connectivity index (χ0) is 32.9. The van der Waals surface area contributed by atoms with E-state index in [1.54, 1.807) is 0 Å². The van der Waals surface area contributed by atoms with Crippen LogP contribution in [0.25, 0.3) is 66.8 Å². The summed E-state index contributed by atoms with van der Waals surface area (Å²) in [4.78, 5) is 0. The number of fused-ring (bicyclic) bond motifs is 3. The lowest BCUT2D eigenvalue weighted by atomic mass is 9.82. The fourth-order valence-electron chi connectivity index (χ4n) is 8.27. The maximum Gasteiger partial charge on any atom is 0.00795 e. The van der Waals surface area contributed by atoms with Crippen LogP contribution >= 0.6 is 0 Å². The van der Waals surface area contributed by atoms with Crippen molar-refractivity contribution in [1.82, 2.24) is 0 Å². The molecule has 1 atom stereocenters. The molecule has 0 saturated carbocycles. The minimum atomic E-state index is 0.316. The van der Waals surface area contributed by atoms with Gasteiger partial charge in [0.25, 0.3) is 0 Å². The zero-order valence-corrected chi connectivity index (χ0v) is 28.4. The van der Waals surface area contributed by atoms with Crippen molar-refractivity contribution in [2.24, 2.45) is 0 Å². The van der Waals surface area contributed by atoms with Crippen LogP contribution in [0.5, 0.6) is 0 Å². The topological polar surface area (TPSA) is 0 Å². The van der Waals surface area contributed by atoms with Gasteiger partial charge in [0.15, 0.2) is 0 Å². The lowest BCUT2D eigenvalue weighted by Gasteiger charge is -2.22. The summed E-state index contributed by atoms with van der Waals surface area (Å²) in [6.07, 6.45) is 0. The quantitative estimate of drug-likeness (QED) is 0.180. The monoisotopic (exact) mass is 616 g/mol. The highest BCUT2D eigenvalue weighted by Crippen LogP contribution is 2.53. The van der Waals surface area contributed by atoms with Gasteiger partial charge in [-0.2, -0.15) is 0 Å². The van der Waals surface area contributed by atoms with Crippen LogP contribution in [0.1, 0.15) is 46.2 Å². The lowest BCUT2D eigenvalue weighted by molar-refractivity contribution is 0.958. The third kappa shape index (κ3) is 4.83. The summed E-state index contributed by atoms with van der Waals surface area (Å²) < 4.78 is 0. The molecule has 0 saturated heterocycles. The summed E-state index contributed by atoms with van der Waals surface area (Å²) in [6.45, 7) is 11.5. The second-order valence-corrected chi connectivity index (χ2v) is 13.4. The van der Waals surface area contributed by atoms with Crippen molar-refractivity contribution in [3.8, 4) is 66.8 Å². The van der Waals surface area contributed by atoms with Crippen molar-refractivity contribution in [1.29, 1.82) is 0 Å². The summed E-state index contributed by atoms with van der Waals surface area (Å²) in [6, 6.07) is 53.7. The van der Waals surface area contributed by atoms with Crippen molar-refractivity contribution >= 4 is 0 Å². The molecule has 0 heterocycles. The molecule has 0 bridgehead atoms. The van der Waals surface area contributed by atoms with Gasteiger partial charge in [0.2, 0.25) is 0 Å². The van der Waals surface area contributed by atoms with Gasteiger partial charge in [0.1, 0.15) is 0 Å². The van der Waals surface area contributed by atoms with Crippen molar-refractivity contribution in [2.75, 3.05) is 0 Å². The second kappa shape index (κ2) is 12.0. The maximum absolute atomic E-state index is 2.46. The van der Waals surface area contributed by atoms with Gasteiger partial charge in [-0.05, 0) is 146 Å². The van der Waals surface area contributed by atoms with E-state index >= 15 is 0 Å². The van der Waals surface area contributed by atoms with Crippen LogP contribution in [-0.2, 0) is 0 Å². The minimum Gasteiger partial charge on any atom is -0.0622 e. The second-order valence-electron chi connectivity index (χ2n) is 13.4. The third-order valence-corrected chi connectivity index (χ3v) is 10.7.